The van der Waals surface area contributed by atoms with Gasteiger partial charge in [-0.3, -0.25) is 4.79 Å². The highest BCUT2D eigenvalue weighted by Crippen LogP contribution is 2.18. The summed E-state index contributed by atoms with van der Waals surface area (Å²) in [5.74, 6) is 2.10. The van der Waals surface area contributed by atoms with Crippen molar-refractivity contribution in [3.05, 3.63) is 0 Å². The largest absolute Gasteiger partial charge is 0.355 e. The van der Waals surface area contributed by atoms with Crippen LogP contribution in [0.3, 0.4) is 0 Å². The third-order valence-corrected chi connectivity index (χ3v) is 3.71. The van der Waals surface area contributed by atoms with Crippen molar-refractivity contribution < 1.29 is 4.79 Å². The maximum atomic E-state index is 11.0. The number of nitrogens with two attached hydrogens (primary N) is 1. The Morgan fingerprint density at radius 1 is 1.38 bits per heavy atom. The lowest BCUT2D eigenvalue weighted by Gasteiger charge is -2.02. The number of carbonyl (C=O) groups excluding carboxylic acids is 1. The standard InChI is InChI=1S/C8H18N2OS2/c1-2-3-8(11)10-5-7-13-12-6-4-9/h2-7,9H2,1H3,(H,10,11). The molecule has 0 saturated carbocycles. The van der Waals surface area contributed by atoms with Crippen LogP contribution in [-0.2, 0) is 4.79 Å². The van der Waals surface area contributed by atoms with Gasteiger partial charge in [-0.1, -0.05) is 28.5 Å². The molecule has 0 fully saturated rings. The normalized spacial score (nSPS) is 10.0. The third kappa shape index (κ3) is 10.0. The number of hydrogen-bond acceptors (Lipinski definition) is 4. The maximum absolute atomic E-state index is 11.0. The zero-order valence-electron chi connectivity index (χ0n) is 8.04. The second-order valence-corrected chi connectivity index (χ2v) is 5.23. The van der Waals surface area contributed by atoms with Crippen molar-refractivity contribution >= 4 is 27.5 Å². The second-order valence-electron chi connectivity index (χ2n) is 2.53. The lowest BCUT2D eigenvalue weighted by atomic mass is 10.3. The fourth-order valence-corrected chi connectivity index (χ4v) is 2.48. The molecule has 0 atom stereocenters. The first-order valence-corrected chi connectivity index (χ1v) is 7.01. The molecule has 1 amide bonds. The van der Waals surface area contributed by atoms with E-state index in [0.29, 0.717) is 6.42 Å². The minimum atomic E-state index is 0.159. The van der Waals surface area contributed by atoms with Crippen molar-refractivity contribution in [1.82, 2.24) is 5.32 Å². The van der Waals surface area contributed by atoms with E-state index in [2.05, 4.69) is 5.32 Å². The van der Waals surface area contributed by atoms with Gasteiger partial charge in [-0.25, -0.2) is 0 Å². The van der Waals surface area contributed by atoms with Gasteiger partial charge in [-0.2, -0.15) is 0 Å². The number of carbonyl (C=O) groups is 1. The molecular weight excluding hydrogens is 204 g/mol. The fourth-order valence-electron chi connectivity index (χ4n) is 0.714. The summed E-state index contributed by atoms with van der Waals surface area (Å²) >= 11 is 0. The summed E-state index contributed by atoms with van der Waals surface area (Å²) < 4.78 is 0. The van der Waals surface area contributed by atoms with Crippen LogP contribution in [0.2, 0.25) is 0 Å². The molecule has 0 aliphatic heterocycles. The number of rotatable bonds is 8. The highest BCUT2D eigenvalue weighted by molar-refractivity contribution is 8.76. The summed E-state index contributed by atoms with van der Waals surface area (Å²) in [6.45, 7) is 3.49. The van der Waals surface area contributed by atoms with Crippen LogP contribution >= 0.6 is 21.6 Å². The lowest BCUT2D eigenvalue weighted by molar-refractivity contribution is -0.120. The van der Waals surface area contributed by atoms with Crippen LogP contribution in [0.1, 0.15) is 19.8 Å². The summed E-state index contributed by atoms with van der Waals surface area (Å²) in [6.07, 6.45) is 1.56. The van der Waals surface area contributed by atoms with E-state index in [1.165, 1.54) is 0 Å². The zero-order chi connectivity index (χ0) is 9.94. The summed E-state index contributed by atoms with van der Waals surface area (Å²) in [7, 11) is 3.52. The minimum Gasteiger partial charge on any atom is -0.355 e. The van der Waals surface area contributed by atoms with Gasteiger partial charge in [0.2, 0.25) is 5.91 Å². The predicted octanol–water partition coefficient (Wildman–Crippen LogP) is 1.24. The number of hydrogen-bond donors (Lipinski definition) is 2. The van der Waals surface area contributed by atoms with E-state index in [0.717, 1.165) is 31.0 Å². The SMILES string of the molecule is CCCC(=O)NCCSSCCN. The molecule has 0 aromatic heterocycles. The van der Waals surface area contributed by atoms with Crippen molar-refractivity contribution in [3.8, 4) is 0 Å². The molecule has 0 aliphatic rings. The van der Waals surface area contributed by atoms with Crippen LogP contribution in [0.5, 0.6) is 0 Å². The molecule has 0 spiro atoms. The molecule has 0 bridgehead atoms. The van der Waals surface area contributed by atoms with E-state index in [1.54, 1.807) is 21.6 Å². The maximum Gasteiger partial charge on any atom is 0.220 e. The minimum absolute atomic E-state index is 0.159. The molecule has 13 heavy (non-hydrogen) atoms. The molecule has 5 heteroatoms. The van der Waals surface area contributed by atoms with Crippen LogP contribution < -0.4 is 11.1 Å². The molecular formula is C8H18N2OS2. The Kier molecular flexibility index (Phi) is 10.3. The van der Waals surface area contributed by atoms with Crippen molar-refractivity contribution in [2.24, 2.45) is 5.73 Å². The Labute approximate surface area is 88.0 Å². The van der Waals surface area contributed by atoms with E-state index in [9.17, 15) is 4.79 Å². The number of amides is 1. The van der Waals surface area contributed by atoms with Gasteiger partial charge in [0, 0.05) is 31.0 Å². The quantitative estimate of drug-likeness (QED) is 0.479. The van der Waals surface area contributed by atoms with Crippen LogP contribution in [0, 0.1) is 0 Å². The van der Waals surface area contributed by atoms with Gasteiger partial charge in [-0.05, 0) is 6.42 Å². The Morgan fingerprint density at radius 2 is 2.08 bits per heavy atom. The Balaban J connectivity index is 3.02. The summed E-state index contributed by atoms with van der Waals surface area (Å²) in [5, 5.41) is 2.86. The second kappa shape index (κ2) is 10.2. The molecule has 0 heterocycles. The van der Waals surface area contributed by atoms with Gasteiger partial charge >= 0.3 is 0 Å². The molecule has 0 radical (unpaired) electrons. The van der Waals surface area contributed by atoms with E-state index < -0.39 is 0 Å². The van der Waals surface area contributed by atoms with Gasteiger partial charge < -0.3 is 11.1 Å². The van der Waals surface area contributed by atoms with Crippen molar-refractivity contribution in [2.45, 2.75) is 19.8 Å². The third-order valence-electron chi connectivity index (χ3n) is 1.27. The van der Waals surface area contributed by atoms with Gasteiger partial charge in [0.05, 0.1) is 0 Å². The van der Waals surface area contributed by atoms with Crippen molar-refractivity contribution in [3.63, 3.8) is 0 Å². The van der Waals surface area contributed by atoms with Crippen molar-refractivity contribution in [2.75, 3.05) is 24.6 Å². The van der Waals surface area contributed by atoms with Gasteiger partial charge in [0.1, 0.15) is 0 Å². The Morgan fingerprint density at radius 3 is 2.69 bits per heavy atom. The molecule has 3 nitrogen and oxygen atoms in total. The van der Waals surface area contributed by atoms with Crippen LogP contribution in [0.25, 0.3) is 0 Å². The van der Waals surface area contributed by atoms with E-state index in [1.807, 2.05) is 6.92 Å². The molecule has 0 unspecified atom stereocenters. The van der Waals surface area contributed by atoms with Crippen LogP contribution in [0.15, 0.2) is 0 Å². The fraction of sp³-hybridized carbons (Fsp3) is 0.875. The zero-order valence-corrected chi connectivity index (χ0v) is 9.68. The number of nitrogens with one attached hydrogen (secondary N) is 1. The Hall–Kier alpha value is 0.130. The van der Waals surface area contributed by atoms with Crippen molar-refractivity contribution in [1.29, 1.82) is 0 Å². The monoisotopic (exact) mass is 222 g/mol. The van der Waals surface area contributed by atoms with Gasteiger partial charge in [0.15, 0.2) is 0 Å². The van der Waals surface area contributed by atoms with Gasteiger partial charge in [0.25, 0.3) is 0 Å². The molecule has 0 saturated heterocycles. The molecule has 78 valence electrons. The molecule has 0 aromatic carbocycles. The first kappa shape index (κ1) is 13.1. The topological polar surface area (TPSA) is 55.1 Å². The molecule has 0 aliphatic carbocycles. The van der Waals surface area contributed by atoms with Crippen LogP contribution in [0.4, 0.5) is 0 Å². The summed E-state index contributed by atoms with van der Waals surface area (Å²) in [5.41, 5.74) is 5.33. The molecule has 0 aromatic rings. The lowest BCUT2D eigenvalue weighted by Crippen LogP contribution is -2.24. The predicted molar refractivity (Wildman–Crippen MR) is 61.9 cm³/mol. The smallest absolute Gasteiger partial charge is 0.220 e. The van der Waals surface area contributed by atoms with E-state index in [-0.39, 0.29) is 5.91 Å². The average Bonchev–Trinajstić information content (AvgIpc) is 2.11. The first-order valence-electron chi connectivity index (χ1n) is 4.52. The Bertz CT molecular complexity index is 133. The summed E-state index contributed by atoms with van der Waals surface area (Å²) in [4.78, 5) is 11.0. The molecule has 3 N–H and O–H groups in total. The van der Waals surface area contributed by atoms with Gasteiger partial charge in [-0.15, -0.1) is 0 Å². The van der Waals surface area contributed by atoms with Crippen LogP contribution in [-0.4, -0.2) is 30.5 Å². The highest BCUT2D eigenvalue weighted by Gasteiger charge is 1.97. The summed E-state index contributed by atoms with van der Waals surface area (Å²) in [6, 6.07) is 0. The van der Waals surface area contributed by atoms with E-state index >= 15 is 0 Å². The van der Waals surface area contributed by atoms with E-state index in [4.69, 9.17) is 5.73 Å². The average molecular weight is 222 g/mol. The first-order chi connectivity index (χ1) is 6.31. The highest BCUT2D eigenvalue weighted by atomic mass is 33.1. The molecule has 0 rings (SSSR count).